The fraction of sp³-hybridized carbons (Fsp3) is 0.732. The second-order valence-corrected chi connectivity index (χ2v) is 31.1. The van der Waals surface area contributed by atoms with Crippen LogP contribution in [-0.4, -0.2) is 182 Å². The summed E-state index contributed by atoms with van der Waals surface area (Å²) in [6, 6.07) is 7.90. The van der Waals surface area contributed by atoms with Crippen molar-refractivity contribution in [1.82, 2.24) is 40.6 Å². The largest absolute Gasteiger partial charge is 0.450 e. The molecule has 9 atom stereocenters. The Morgan fingerprint density at radius 3 is 2.04 bits per heavy atom. The zero-order valence-corrected chi connectivity index (χ0v) is 51.4. The molecule has 20 heteroatoms. The van der Waals surface area contributed by atoms with E-state index < -0.39 is 46.8 Å². The van der Waals surface area contributed by atoms with E-state index >= 15 is 0 Å². The lowest BCUT2D eigenvalue weighted by Crippen LogP contribution is -2.57. The van der Waals surface area contributed by atoms with Gasteiger partial charge >= 0.3 is 0 Å². The number of carbonyl (C=O) groups excluding carboxylic acids is 5. The van der Waals surface area contributed by atoms with Crippen molar-refractivity contribution >= 4 is 51.6 Å². The Hall–Kier alpha value is -4.16. The number of amides is 5. The molecule has 3 N–H and O–H groups in total. The number of likely N-dealkylation sites (N-methyl/N-ethyl adjacent to an activating group) is 2. The number of nitrogens with zero attached hydrogens (tertiary/aromatic N) is 5. The molecule has 2 aromatic rings. The molecule has 1 saturated heterocycles. The van der Waals surface area contributed by atoms with E-state index in [0.717, 1.165) is 29.0 Å². The van der Waals surface area contributed by atoms with E-state index in [1.165, 1.54) is 0 Å². The number of nitrogens with one attached hydrogen (secondary N) is 3. The van der Waals surface area contributed by atoms with Gasteiger partial charge in [-0.05, 0) is 109 Å². The van der Waals surface area contributed by atoms with E-state index in [4.69, 9.17) is 23.1 Å². The third kappa shape index (κ3) is 20.6. The fourth-order valence-electron chi connectivity index (χ4n) is 10.4. The van der Waals surface area contributed by atoms with Crippen molar-refractivity contribution < 1.29 is 47.0 Å². The first kappa shape index (κ1) is 66.1. The topological polar surface area (TPSA) is 203 Å². The van der Waals surface area contributed by atoms with Crippen LogP contribution in [0, 0.1) is 23.7 Å². The highest BCUT2D eigenvalue weighted by Crippen LogP contribution is 2.29. The Bertz CT molecular complexity index is 2080. The van der Waals surface area contributed by atoms with Gasteiger partial charge in [-0.25, -0.2) is 9.97 Å². The minimum atomic E-state index is -2.45. The summed E-state index contributed by atoms with van der Waals surface area (Å²) in [5, 5.41) is 9.20. The van der Waals surface area contributed by atoms with Crippen LogP contribution >= 0.6 is 0 Å². The molecule has 1 fully saturated rings. The van der Waals surface area contributed by atoms with Crippen molar-refractivity contribution in [3.05, 3.63) is 53.9 Å². The summed E-state index contributed by atoms with van der Waals surface area (Å²) in [7, 11) is 3.99. The molecule has 0 radical (unpaired) electrons. The van der Waals surface area contributed by atoms with Gasteiger partial charge in [-0.15, -0.1) is 0 Å². The molecule has 0 bridgehead atoms. The number of benzene rings is 1. The van der Waals surface area contributed by atoms with Crippen molar-refractivity contribution in [1.29, 1.82) is 0 Å². The number of aromatic nitrogens is 2. The van der Waals surface area contributed by atoms with E-state index in [-0.39, 0.29) is 71.8 Å². The quantitative estimate of drug-likeness (QED) is 0.0583. The lowest BCUT2D eigenvalue weighted by molar-refractivity contribution is -0.143. The smallest absolute Gasteiger partial charge is 0.249 e. The molecule has 430 valence electrons. The average Bonchev–Trinajstić information content (AvgIpc) is 3.85. The summed E-state index contributed by atoms with van der Waals surface area (Å²) in [6.45, 7) is 27.2. The number of ether oxygens (including phenoxy) is 4. The van der Waals surface area contributed by atoms with Crippen LogP contribution in [-0.2, 0) is 60.1 Å². The highest BCUT2D eigenvalue weighted by molar-refractivity contribution is 6.91. The monoisotopic (exact) mass is 1100 g/mol. The summed E-state index contributed by atoms with van der Waals surface area (Å²) >= 11 is 0. The van der Waals surface area contributed by atoms with Crippen LogP contribution in [0.4, 0.5) is 0 Å². The van der Waals surface area contributed by atoms with Gasteiger partial charge in [-0.2, -0.15) is 0 Å². The predicted octanol–water partition coefficient (Wildman–Crippen LogP) is 5.54. The van der Waals surface area contributed by atoms with Crippen LogP contribution in [0.25, 0.3) is 0 Å². The maximum absolute atomic E-state index is 14.2. The fourth-order valence-corrected chi connectivity index (χ4v) is 18.4. The second kappa shape index (κ2) is 32.0. The van der Waals surface area contributed by atoms with E-state index in [9.17, 15) is 24.0 Å². The molecule has 2 heterocycles. The molecule has 5 amide bonds. The number of carbonyl (C=O) groups is 5. The number of methoxy groups -OCH3 is 2. The Morgan fingerprint density at radius 1 is 0.816 bits per heavy atom. The van der Waals surface area contributed by atoms with E-state index in [1.54, 1.807) is 45.5 Å². The van der Waals surface area contributed by atoms with Crippen LogP contribution in [0.1, 0.15) is 98.6 Å². The molecule has 3 rings (SSSR count). The Balaban J connectivity index is 1.62. The van der Waals surface area contributed by atoms with Crippen LogP contribution < -0.4 is 21.4 Å². The predicted molar refractivity (Wildman–Crippen MR) is 304 cm³/mol. The number of rotatable bonds is 34. The highest BCUT2D eigenvalue weighted by Gasteiger charge is 2.42. The van der Waals surface area contributed by atoms with Gasteiger partial charge < -0.3 is 48.8 Å². The molecule has 18 nitrogen and oxygen atoms in total. The molecular weight excluding hydrogens is 1000 g/mol. The maximum atomic E-state index is 14.2. The number of hydrogen-bond acceptors (Lipinski definition) is 13. The number of hydrogen-bond donors (Lipinski definition) is 3. The van der Waals surface area contributed by atoms with Crippen LogP contribution in [0.15, 0.2) is 42.7 Å². The van der Waals surface area contributed by atoms with Gasteiger partial charge in [0.15, 0.2) is 8.32 Å². The Labute approximate surface area is 458 Å². The van der Waals surface area contributed by atoms with E-state index in [0.29, 0.717) is 65.2 Å². The lowest BCUT2D eigenvalue weighted by Gasteiger charge is -2.37. The van der Waals surface area contributed by atoms with Crippen LogP contribution in [0.2, 0.25) is 32.2 Å². The first-order valence-corrected chi connectivity index (χ1v) is 33.7. The molecule has 0 aliphatic carbocycles. The van der Waals surface area contributed by atoms with Gasteiger partial charge in [0, 0.05) is 71.4 Å². The van der Waals surface area contributed by atoms with Crippen molar-refractivity contribution in [3.63, 3.8) is 0 Å². The van der Waals surface area contributed by atoms with Gasteiger partial charge in [-0.1, -0.05) is 71.9 Å². The lowest BCUT2D eigenvalue weighted by atomic mass is 9.92. The van der Waals surface area contributed by atoms with Crippen LogP contribution in [0.5, 0.6) is 0 Å². The Kier molecular flexibility index (Phi) is 27.9. The van der Waals surface area contributed by atoms with Crippen molar-refractivity contribution in [2.24, 2.45) is 23.7 Å². The summed E-state index contributed by atoms with van der Waals surface area (Å²) in [5.74, 6) is -1.89. The molecule has 0 spiro atoms. The summed E-state index contributed by atoms with van der Waals surface area (Å²) < 4.78 is 29.8. The summed E-state index contributed by atoms with van der Waals surface area (Å²) in [6.07, 6.45) is 5.55. The average molecular weight is 1100 g/mol. The molecule has 1 aromatic carbocycles. The molecule has 1 aromatic heterocycles. The van der Waals surface area contributed by atoms with Crippen molar-refractivity contribution in [3.8, 4) is 0 Å². The second-order valence-electron chi connectivity index (χ2n) is 22.8. The van der Waals surface area contributed by atoms with E-state index in [2.05, 4.69) is 52.1 Å². The third-order valence-corrected chi connectivity index (χ3v) is 22.0. The SMILES string of the molecule is CCOCCOCc1cnc([Si](C)(C)O[Si](C)(C)CCCNC(=O)[C@H](Cc2ccccc2)NC(=O)[C@H](C)[C@@H](OC)[C@@H]2CCCN2C(=O)C[C@H](C[C@H](C)[C@@H](C)N(C)C(=O)[C@@H](NC(=O)[C@H](C(C)C)N(C)C)C(C)C)OC)nc1. The molecular formula is C56H98N8O10Si2. The van der Waals surface area contributed by atoms with Gasteiger partial charge in [-0.3, -0.25) is 28.9 Å². The molecule has 76 heavy (non-hydrogen) atoms. The summed E-state index contributed by atoms with van der Waals surface area (Å²) in [4.78, 5) is 84.5. The van der Waals surface area contributed by atoms with E-state index in [1.807, 2.05) is 103 Å². The first-order valence-electron chi connectivity index (χ1n) is 27.7. The van der Waals surface area contributed by atoms with Gasteiger partial charge in [0.05, 0.1) is 56.5 Å². The van der Waals surface area contributed by atoms with Crippen LogP contribution in [0.3, 0.4) is 0 Å². The molecule has 1 aliphatic heterocycles. The summed E-state index contributed by atoms with van der Waals surface area (Å²) in [5.41, 5.74) is 2.52. The van der Waals surface area contributed by atoms with Crippen molar-refractivity contribution in [2.45, 2.75) is 175 Å². The minimum Gasteiger partial charge on any atom is -0.450 e. The van der Waals surface area contributed by atoms with Crippen molar-refractivity contribution in [2.75, 3.05) is 68.3 Å². The standard InChI is InChI=1S/C56H98N8O10Si2/c1-18-72-29-30-73-37-44-35-58-56(59-36-44)76(16,17)74-75(14,15)31-23-27-57-53(67)46(33-43-24-20-19-21-25-43)60-52(66)41(7)51(71-13)47-26-22-28-64(47)48(65)34-45(70-12)32-40(6)42(8)63(11)55(69)49(38(2)3)61-54(68)50(39(4)5)62(9)10/h19-21,24-25,35-36,38-42,45-47,49-51H,18,22-23,26-34,37H2,1-17H3,(H,57,67)(H,60,66)(H,61,68)/t40-,41+,42+,45-,46-,47-,49-,50-,51+/m0/s1. The zero-order valence-electron chi connectivity index (χ0n) is 49.4. The van der Waals surface area contributed by atoms with Gasteiger partial charge in [0.1, 0.15) is 17.5 Å². The zero-order chi connectivity index (χ0) is 56.9. The highest BCUT2D eigenvalue weighted by atomic mass is 28.4. The maximum Gasteiger partial charge on any atom is 0.249 e. The van der Waals surface area contributed by atoms with Gasteiger partial charge in [0.25, 0.3) is 0 Å². The first-order chi connectivity index (χ1) is 35.8. The molecule has 0 unspecified atom stereocenters. The third-order valence-electron chi connectivity index (χ3n) is 14.8. The number of likely N-dealkylation sites (tertiary alicyclic amines) is 1. The van der Waals surface area contributed by atoms with Gasteiger partial charge in [0.2, 0.25) is 37.9 Å². The normalized spacial score (nSPS) is 17.4. The minimum absolute atomic E-state index is 0.0546. The molecule has 1 aliphatic rings. The Morgan fingerprint density at radius 2 is 1.46 bits per heavy atom. The molecule has 0 saturated carbocycles.